The Labute approximate surface area is 133 Å². The number of fused-ring (bicyclic) bond motifs is 1. The van der Waals surface area contributed by atoms with Crippen molar-refractivity contribution in [2.45, 2.75) is 44.7 Å². The van der Waals surface area contributed by atoms with E-state index in [1.807, 2.05) is 0 Å². The van der Waals surface area contributed by atoms with Crippen molar-refractivity contribution in [2.24, 2.45) is 0 Å². The third-order valence-electron chi connectivity index (χ3n) is 3.96. The summed E-state index contributed by atoms with van der Waals surface area (Å²) in [4.78, 5) is 0. The van der Waals surface area contributed by atoms with Gasteiger partial charge in [-0.1, -0.05) is 28.8 Å². The van der Waals surface area contributed by atoms with E-state index in [1.165, 1.54) is 36.8 Å². The molecule has 0 amide bonds. The fourth-order valence-corrected chi connectivity index (χ4v) is 3.75. The van der Waals surface area contributed by atoms with Crippen molar-refractivity contribution >= 4 is 33.3 Å². The highest BCUT2D eigenvalue weighted by atomic mass is 79.9. The van der Waals surface area contributed by atoms with Crippen LogP contribution in [0.25, 0.3) is 0 Å². The Kier molecular flexibility index (Phi) is 4.46. The van der Waals surface area contributed by atoms with Gasteiger partial charge < -0.3 is 15.4 Å². The normalized spacial score (nSPS) is 17.6. The van der Waals surface area contributed by atoms with Gasteiger partial charge in [0.15, 0.2) is 5.11 Å². The van der Waals surface area contributed by atoms with Crippen molar-refractivity contribution in [1.29, 1.82) is 0 Å². The Balaban J connectivity index is 1.59. The Morgan fingerprint density at radius 3 is 2.95 bits per heavy atom. The molecule has 3 nitrogen and oxygen atoms in total. The summed E-state index contributed by atoms with van der Waals surface area (Å²) in [5, 5.41) is 7.45. The number of thiocarbonyl (C=S) groups is 1. The highest BCUT2D eigenvalue weighted by Gasteiger charge is 2.18. The van der Waals surface area contributed by atoms with Gasteiger partial charge in [0, 0.05) is 29.0 Å². The lowest BCUT2D eigenvalue weighted by atomic mass is 10.1. The fraction of sp³-hybridized carbons (Fsp3) is 0.533. The molecule has 0 bridgehead atoms. The van der Waals surface area contributed by atoms with Gasteiger partial charge in [0.1, 0.15) is 5.75 Å². The van der Waals surface area contributed by atoms with Crippen molar-refractivity contribution in [3.63, 3.8) is 0 Å². The van der Waals surface area contributed by atoms with E-state index < -0.39 is 0 Å². The highest BCUT2D eigenvalue weighted by molar-refractivity contribution is 9.10. The second-order valence-electron chi connectivity index (χ2n) is 5.46. The van der Waals surface area contributed by atoms with Crippen molar-refractivity contribution in [3.05, 3.63) is 27.7 Å². The van der Waals surface area contributed by atoms with Gasteiger partial charge >= 0.3 is 0 Å². The quantitative estimate of drug-likeness (QED) is 0.816. The summed E-state index contributed by atoms with van der Waals surface area (Å²) in [6.45, 7) is 1.49. The molecule has 2 aliphatic rings. The van der Waals surface area contributed by atoms with Crippen LogP contribution in [-0.4, -0.2) is 17.8 Å². The van der Waals surface area contributed by atoms with Crippen LogP contribution < -0.4 is 15.4 Å². The summed E-state index contributed by atoms with van der Waals surface area (Å²) in [6.07, 6.45) is 6.08. The van der Waals surface area contributed by atoms with E-state index >= 15 is 0 Å². The number of ether oxygens (including phenoxy) is 1. The number of halogens is 1. The van der Waals surface area contributed by atoms with E-state index in [0.29, 0.717) is 12.6 Å². The monoisotopic (exact) mass is 354 g/mol. The highest BCUT2D eigenvalue weighted by Crippen LogP contribution is 2.32. The van der Waals surface area contributed by atoms with Gasteiger partial charge in [0.05, 0.1) is 6.61 Å². The van der Waals surface area contributed by atoms with Crippen LogP contribution in [0.15, 0.2) is 16.6 Å². The van der Waals surface area contributed by atoms with Crippen LogP contribution in [0.3, 0.4) is 0 Å². The van der Waals surface area contributed by atoms with Gasteiger partial charge in [0.2, 0.25) is 0 Å². The largest absolute Gasteiger partial charge is 0.493 e. The summed E-state index contributed by atoms with van der Waals surface area (Å²) in [6, 6.07) is 4.80. The second-order valence-corrected chi connectivity index (χ2v) is 6.78. The van der Waals surface area contributed by atoms with Crippen molar-refractivity contribution < 1.29 is 4.74 Å². The molecule has 3 rings (SSSR count). The number of benzene rings is 1. The molecule has 5 heteroatoms. The molecule has 1 aliphatic carbocycles. The van der Waals surface area contributed by atoms with Gasteiger partial charge in [0.25, 0.3) is 0 Å². The first-order chi connectivity index (χ1) is 9.72. The molecule has 1 aromatic rings. The first kappa shape index (κ1) is 14.1. The Bertz CT molecular complexity index is 515. The molecule has 1 aromatic carbocycles. The smallest absolute Gasteiger partial charge is 0.166 e. The van der Waals surface area contributed by atoms with Crippen molar-refractivity contribution in [1.82, 2.24) is 10.6 Å². The van der Waals surface area contributed by atoms with Gasteiger partial charge in [-0.2, -0.15) is 0 Å². The lowest BCUT2D eigenvalue weighted by molar-refractivity contribution is 0.353. The zero-order valence-corrected chi connectivity index (χ0v) is 13.8. The maximum absolute atomic E-state index is 5.73. The van der Waals surface area contributed by atoms with Crippen LogP contribution in [0.1, 0.15) is 36.8 Å². The molecule has 0 radical (unpaired) electrons. The predicted molar refractivity (Wildman–Crippen MR) is 88.2 cm³/mol. The molecular weight excluding hydrogens is 336 g/mol. The van der Waals surface area contributed by atoms with E-state index in [4.69, 9.17) is 17.0 Å². The molecular formula is C15H19BrN2OS. The molecule has 108 valence electrons. The Morgan fingerprint density at radius 1 is 1.35 bits per heavy atom. The third-order valence-corrected chi connectivity index (χ3v) is 4.68. The van der Waals surface area contributed by atoms with Gasteiger partial charge in [-0.25, -0.2) is 0 Å². The Morgan fingerprint density at radius 2 is 2.15 bits per heavy atom. The molecule has 0 saturated heterocycles. The molecule has 0 aromatic heterocycles. The van der Waals surface area contributed by atoms with Crippen molar-refractivity contribution in [3.8, 4) is 5.75 Å². The minimum atomic E-state index is 0.555. The summed E-state index contributed by atoms with van der Waals surface area (Å²) >= 11 is 8.94. The van der Waals surface area contributed by atoms with E-state index in [1.54, 1.807) is 0 Å². The molecule has 20 heavy (non-hydrogen) atoms. The summed E-state index contributed by atoms with van der Waals surface area (Å²) in [5.41, 5.74) is 2.45. The van der Waals surface area contributed by atoms with Gasteiger partial charge in [-0.3, -0.25) is 0 Å². The molecule has 1 aliphatic heterocycles. The lowest BCUT2D eigenvalue weighted by Gasteiger charge is -2.16. The fourth-order valence-electron chi connectivity index (χ4n) is 2.96. The van der Waals surface area contributed by atoms with E-state index in [0.717, 1.165) is 28.4 Å². The summed E-state index contributed by atoms with van der Waals surface area (Å²) in [5.74, 6) is 1.03. The second kappa shape index (κ2) is 6.31. The first-order valence-electron chi connectivity index (χ1n) is 7.21. The van der Waals surface area contributed by atoms with Crippen molar-refractivity contribution in [2.75, 3.05) is 6.61 Å². The SMILES string of the molecule is S=C(NCc1cc(Br)cc2c1OCC2)NC1CCCC1. The standard InChI is InChI=1S/C15H19BrN2OS/c16-12-7-10-5-6-19-14(10)11(8-12)9-17-15(20)18-13-3-1-2-4-13/h7-8,13H,1-6,9H2,(H2,17,18,20). The maximum atomic E-state index is 5.73. The van der Waals surface area contributed by atoms with Gasteiger partial charge in [-0.05, 0) is 42.8 Å². The molecule has 0 unspecified atom stereocenters. The topological polar surface area (TPSA) is 33.3 Å². The van der Waals surface area contributed by atoms with E-state index in [2.05, 4.69) is 38.7 Å². The molecule has 1 saturated carbocycles. The zero-order chi connectivity index (χ0) is 13.9. The Hall–Kier alpha value is -0.810. The van der Waals surface area contributed by atoms with Crippen LogP contribution in [0.2, 0.25) is 0 Å². The first-order valence-corrected chi connectivity index (χ1v) is 8.41. The molecule has 1 heterocycles. The minimum Gasteiger partial charge on any atom is -0.493 e. The van der Waals surface area contributed by atoms with Crippen LogP contribution in [-0.2, 0) is 13.0 Å². The van der Waals surface area contributed by atoms with Crippen LogP contribution >= 0.6 is 28.1 Å². The molecule has 0 atom stereocenters. The molecule has 1 fully saturated rings. The van der Waals surface area contributed by atoms with Crippen LogP contribution in [0, 0.1) is 0 Å². The summed E-state index contributed by atoms with van der Waals surface area (Å²) in [7, 11) is 0. The number of rotatable bonds is 3. The van der Waals surface area contributed by atoms with Crippen LogP contribution in [0.5, 0.6) is 5.75 Å². The summed E-state index contributed by atoms with van der Waals surface area (Å²) < 4.78 is 6.83. The van der Waals surface area contributed by atoms with E-state index in [-0.39, 0.29) is 0 Å². The average Bonchev–Trinajstić information content (AvgIpc) is 3.06. The molecule has 0 spiro atoms. The number of hydrogen-bond acceptors (Lipinski definition) is 2. The lowest BCUT2D eigenvalue weighted by Crippen LogP contribution is -2.40. The molecule has 2 N–H and O–H groups in total. The minimum absolute atomic E-state index is 0.555. The maximum Gasteiger partial charge on any atom is 0.166 e. The number of nitrogens with one attached hydrogen (secondary N) is 2. The zero-order valence-electron chi connectivity index (χ0n) is 11.4. The predicted octanol–water partition coefficient (Wildman–Crippen LogP) is 3.29. The number of hydrogen-bond donors (Lipinski definition) is 2. The van der Waals surface area contributed by atoms with Gasteiger partial charge in [-0.15, -0.1) is 0 Å². The third kappa shape index (κ3) is 3.26. The average molecular weight is 355 g/mol. The van der Waals surface area contributed by atoms with E-state index in [9.17, 15) is 0 Å². The van der Waals surface area contributed by atoms with Crippen LogP contribution in [0.4, 0.5) is 0 Å².